The molecule has 51 heavy (non-hydrogen) atoms. The van der Waals surface area contributed by atoms with Crippen LogP contribution in [-0.2, 0) is 6.42 Å². The Morgan fingerprint density at radius 1 is 0.490 bits per heavy atom. The van der Waals surface area contributed by atoms with Crippen LogP contribution in [0.5, 0.6) is 0 Å². The lowest BCUT2D eigenvalue weighted by Crippen LogP contribution is -2.21. The number of furan rings is 1. The molecule has 4 nitrogen and oxygen atoms in total. The van der Waals surface area contributed by atoms with E-state index in [1.54, 1.807) is 0 Å². The second kappa shape index (κ2) is 10.7. The molecular formula is C47H33N3O. The van der Waals surface area contributed by atoms with Gasteiger partial charge in [0, 0.05) is 32.9 Å². The molecule has 0 fully saturated rings. The van der Waals surface area contributed by atoms with Crippen molar-refractivity contribution in [3.8, 4) is 16.8 Å². The summed E-state index contributed by atoms with van der Waals surface area (Å²) in [4.78, 5) is 4.89. The lowest BCUT2D eigenvalue weighted by Gasteiger charge is -2.25. The van der Waals surface area contributed by atoms with Crippen molar-refractivity contribution in [1.29, 1.82) is 0 Å². The first-order valence-corrected chi connectivity index (χ1v) is 17.7. The monoisotopic (exact) mass is 655 g/mol. The molecule has 0 atom stereocenters. The van der Waals surface area contributed by atoms with Crippen LogP contribution in [0.3, 0.4) is 0 Å². The van der Waals surface area contributed by atoms with Crippen molar-refractivity contribution in [3.05, 3.63) is 175 Å². The summed E-state index contributed by atoms with van der Waals surface area (Å²) in [5.41, 5.74) is 15.2. The highest BCUT2D eigenvalue weighted by atomic mass is 16.3. The third kappa shape index (κ3) is 4.20. The quantitative estimate of drug-likeness (QED) is 0.189. The molecule has 2 aromatic heterocycles. The number of fused-ring (bicyclic) bond motifs is 11. The molecule has 0 N–H and O–H groups in total. The molecule has 0 saturated heterocycles. The van der Waals surface area contributed by atoms with Gasteiger partial charge in [-0.1, -0.05) is 78.4 Å². The molecule has 0 spiro atoms. The summed E-state index contributed by atoms with van der Waals surface area (Å²) in [5, 5.41) is 4.77. The number of allylic oxidation sites excluding steroid dienone is 1. The zero-order valence-electron chi connectivity index (χ0n) is 28.2. The van der Waals surface area contributed by atoms with Crippen molar-refractivity contribution in [2.75, 3.05) is 9.80 Å². The molecule has 9 aromatic rings. The van der Waals surface area contributed by atoms with Gasteiger partial charge in [-0.2, -0.15) is 0 Å². The zero-order valence-corrected chi connectivity index (χ0v) is 28.2. The van der Waals surface area contributed by atoms with Crippen LogP contribution in [0, 0.1) is 6.92 Å². The maximum absolute atomic E-state index is 6.18. The highest BCUT2D eigenvalue weighted by Gasteiger charge is 2.35. The van der Waals surface area contributed by atoms with Crippen LogP contribution in [0.1, 0.15) is 17.5 Å². The van der Waals surface area contributed by atoms with Crippen LogP contribution < -0.4 is 9.80 Å². The molecule has 7 aromatic carbocycles. The molecule has 4 heterocycles. The molecular weight excluding hydrogens is 623 g/mol. The van der Waals surface area contributed by atoms with Crippen molar-refractivity contribution >= 4 is 66.5 Å². The van der Waals surface area contributed by atoms with Gasteiger partial charge in [-0.05, 0) is 121 Å². The molecule has 242 valence electrons. The maximum Gasteiger partial charge on any atom is 0.135 e. The van der Waals surface area contributed by atoms with Crippen molar-refractivity contribution in [3.63, 3.8) is 0 Å². The van der Waals surface area contributed by atoms with Gasteiger partial charge >= 0.3 is 0 Å². The van der Waals surface area contributed by atoms with Crippen LogP contribution in [0.4, 0.5) is 22.7 Å². The van der Waals surface area contributed by atoms with Crippen LogP contribution in [0.15, 0.2) is 168 Å². The summed E-state index contributed by atoms with van der Waals surface area (Å²) >= 11 is 0. The van der Waals surface area contributed by atoms with E-state index >= 15 is 0 Å². The van der Waals surface area contributed by atoms with Gasteiger partial charge in [-0.3, -0.25) is 9.80 Å². The summed E-state index contributed by atoms with van der Waals surface area (Å²) in [6.45, 7) is 2.18. The first-order valence-electron chi connectivity index (χ1n) is 17.7. The van der Waals surface area contributed by atoms with Gasteiger partial charge in [-0.15, -0.1) is 0 Å². The Labute approximate surface area is 295 Å². The smallest absolute Gasteiger partial charge is 0.135 e. The Bertz CT molecular complexity index is 2890. The van der Waals surface area contributed by atoms with Gasteiger partial charge in [-0.25, -0.2) is 0 Å². The van der Waals surface area contributed by atoms with Gasteiger partial charge in [0.25, 0.3) is 0 Å². The first-order chi connectivity index (χ1) is 25.2. The topological polar surface area (TPSA) is 24.6 Å². The third-order valence-electron chi connectivity index (χ3n) is 10.8. The van der Waals surface area contributed by atoms with E-state index in [0.29, 0.717) is 0 Å². The highest BCUT2D eigenvalue weighted by molar-refractivity contribution is 6.12. The minimum Gasteiger partial charge on any atom is -0.456 e. The number of nitrogens with zero attached hydrogens (tertiary/aromatic N) is 3. The Morgan fingerprint density at radius 3 is 2.16 bits per heavy atom. The van der Waals surface area contributed by atoms with Crippen molar-refractivity contribution in [2.24, 2.45) is 0 Å². The van der Waals surface area contributed by atoms with Gasteiger partial charge < -0.3 is 8.98 Å². The average molecular weight is 656 g/mol. The van der Waals surface area contributed by atoms with E-state index < -0.39 is 0 Å². The van der Waals surface area contributed by atoms with Crippen molar-refractivity contribution in [2.45, 2.75) is 19.8 Å². The van der Waals surface area contributed by atoms with E-state index in [2.05, 4.69) is 167 Å². The number of benzene rings is 7. The number of aryl methyl sites for hydroxylation is 2. The number of anilines is 4. The fourth-order valence-corrected chi connectivity index (χ4v) is 8.45. The zero-order chi connectivity index (χ0) is 33.6. The van der Waals surface area contributed by atoms with Crippen LogP contribution >= 0.6 is 0 Å². The van der Waals surface area contributed by atoms with E-state index in [1.165, 1.54) is 72.6 Å². The number of hydrogen-bond acceptors (Lipinski definition) is 3. The summed E-state index contributed by atoms with van der Waals surface area (Å²) in [7, 11) is 0. The first kappa shape index (κ1) is 28.3. The lowest BCUT2D eigenvalue weighted by atomic mass is 10.0. The minimum absolute atomic E-state index is 0.909. The molecule has 2 aliphatic heterocycles. The standard InChI is InChI=1S/C47H33N3O/c1-30-18-22-41-37(26-30)38-27-32(19-23-42(38)48(41)35-21-25-46-39(29-35)36-14-6-8-16-45(36)51-46)33-20-24-43-44(28-33)50-40-15-7-5-10-31(40)11-9-17-47(50)49(43)34-12-3-2-4-13-34/h2-8,10,12-29H,9,11H2,1H3. The molecule has 0 aliphatic carbocycles. The molecule has 0 radical (unpaired) electrons. The van der Waals surface area contributed by atoms with Gasteiger partial charge in [0.2, 0.25) is 0 Å². The van der Waals surface area contributed by atoms with Gasteiger partial charge in [0.1, 0.15) is 17.0 Å². The second-order valence-corrected chi connectivity index (χ2v) is 13.8. The summed E-state index contributed by atoms with van der Waals surface area (Å²) in [6, 6.07) is 55.2. The van der Waals surface area contributed by atoms with Crippen molar-refractivity contribution < 1.29 is 4.42 Å². The van der Waals surface area contributed by atoms with Gasteiger partial charge in [0.05, 0.1) is 28.1 Å². The summed E-state index contributed by atoms with van der Waals surface area (Å²) < 4.78 is 8.59. The maximum atomic E-state index is 6.18. The van der Waals surface area contributed by atoms with E-state index in [0.717, 1.165) is 40.5 Å². The van der Waals surface area contributed by atoms with E-state index in [-0.39, 0.29) is 0 Å². The predicted molar refractivity (Wildman–Crippen MR) is 212 cm³/mol. The number of para-hydroxylation sites is 3. The fourth-order valence-electron chi connectivity index (χ4n) is 8.45. The largest absolute Gasteiger partial charge is 0.456 e. The Balaban J connectivity index is 1.10. The number of aromatic nitrogens is 1. The molecule has 0 amide bonds. The van der Waals surface area contributed by atoms with E-state index in [9.17, 15) is 0 Å². The molecule has 4 heteroatoms. The van der Waals surface area contributed by atoms with E-state index in [1.807, 2.05) is 12.1 Å². The average Bonchev–Trinajstić information content (AvgIpc) is 3.76. The predicted octanol–water partition coefficient (Wildman–Crippen LogP) is 12.7. The summed E-state index contributed by atoms with van der Waals surface area (Å²) in [6.07, 6.45) is 4.42. The van der Waals surface area contributed by atoms with E-state index in [4.69, 9.17) is 4.42 Å². The lowest BCUT2D eigenvalue weighted by molar-refractivity contribution is 0.669. The Hall–Kier alpha value is -6.52. The van der Waals surface area contributed by atoms with Crippen LogP contribution in [0.2, 0.25) is 0 Å². The molecule has 0 unspecified atom stereocenters. The van der Waals surface area contributed by atoms with Crippen LogP contribution in [-0.4, -0.2) is 4.57 Å². The molecule has 0 saturated carbocycles. The minimum atomic E-state index is 0.909. The number of rotatable bonds is 3. The SMILES string of the molecule is Cc1ccc2c(c1)c1cc(-c3ccc4c(c3)N3C(=CCCc5ccccc53)N4c3ccccc3)ccc1n2-c1ccc2oc3ccccc3c2c1. The third-order valence-corrected chi connectivity index (χ3v) is 10.8. The van der Waals surface area contributed by atoms with Crippen LogP contribution in [0.25, 0.3) is 60.6 Å². The number of hydrogen-bond donors (Lipinski definition) is 0. The second-order valence-electron chi connectivity index (χ2n) is 13.8. The Kier molecular flexibility index (Phi) is 5.97. The fraction of sp³-hybridized carbons (Fsp3) is 0.0638. The summed E-state index contributed by atoms with van der Waals surface area (Å²) in [5.74, 6) is 1.20. The molecule has 0 bridgehead atoms. The van der Waals surface area contributed by atoms with Gasteiger partial charge in [0.15, 0.2) is 0 Å². The highest BCUT2D eigenvalue weighted by Crippen LogP contribution is 2.52. The normalized spacial score (nSPS) is 13.9. The molecule has 2 aliphatic rings. The Morgan fingerprint density at radius 2 is 1.24 bits per heavy atom. The van der Waals surface area contributed by atoms with Crippen molar-refractivity contribution in [1.82, 2.24) is 4.57 Å². The molecule has 11 rings (SSSR count).